The highest BCUT2D eigenvalue weighted by Gasteiger charge is 2.34. The van der Waals surface area contributed by atoms with Crippen molar-refractivity contribution < 1.29 is 27.9 Å². The molecule has 0 spiro atoms. The molecule has 1 aromatic heterocycles. The Morgan fingerprint density at radius 2 is 2.00 bits per heavy atom. The molecular weight excluding hydrogens is 289 g/mol. The number of carboxylic acid groups (broad SMARTS) is 1. The zero-order valence-corrected chi connectivity index (χ0v) is 10.1. The van der Waals surface area contributed by atoms with E-state index in [0.29, 0.717) is 0 Å². The Kier molecular flexibility index (Phi) is 4.71. The molecule has 0 saturated carbocycles. The van der Waals surface area contributed by atoms with Crippen LogP contribution in [0.25, 0.3) is 0 Å². The quantitative estimate of drug-likeness (QED) is 0.861. The van der Waals surface area contributed by atoms with E-state index in [1.54, 1.807) is 0 Å². The summed E-state index contributed by atoms with van der Waals surface area (Å²) in [4.78, 5) is 25.9. The number of halogens is 4. The zero-order chi connectivity index (χ0) is 14.6. The Labute approximate surface area is 110 Å². The average molecular weight is 297 g/mol. The van der Waals surface area contributed by atoms with E-state index in [2.05, 4.69) is 4.98 Å². The summed E-state index contributed by atoms with van der Waals surface area (Å²) in [7, 11) is 0. The lowest BCUT2D eigenvalue weighted by atomic mass is 10.3. The molecule has 0 aliphatic heterocycles. The first-order valence-electron chi connectivity index (χ1n) is 4.89. The maximum Gasteiger partial charge on any atom is 0.406 e. The van der Waals surface area contributed by atoms with E-state index in [1.807, 2.05) is 0 Å². The highest BCUT2D eigenvalue weighted by Crippen LogP contribution is 2.18. The second-order valence-electron chi connectivity index (χ2n) is 3.52. The number of alkyl halides is 3. The summed E-state index contributed by atoms with van der Waals surface area (Å²) >= 11 is 5.51. The first-order chi connectivity index (χ1) is 8.69. The summed E-state index contributed by atoms with van der Waals surface area (Å²) in [6.45, 7) is -2.75. The van der Waals surface area contributed by atoms with Crippen molar-refractivity contribution >= 4 is 23.5 Å². The van der Waals surface area contributed by atoms with Crippen molar-refractivity contribution in [1.82, 2.24) is 9.88 Å². The van der Waals surface area contributed by atoms with Crippen LogP contribution in [0, 0.1) is 0 Å². The van der Waals surface area contributed by atoms with Crippen LogP contribution < -0.4 is 0 Å². The molecule has 1 rings (SSSR count). The Balaban J connectivity index is 2.97. The molecule has 104 valence electrons. The standard InChI is InChI=1S/C10H8ClF3N2O3/c11-7-3-1-2-6(15-7)9(19)16(4-8(17)18)5-10(12,13)14/h1-3H,4-5H2,(H,17,18). The van der Waals surface area contributed by atoms with Crippen molar-refractivity contribution in [2.24, 2.45) is 0 Å². The smallest absolute Gasteiger partial charge is 0.406 e. The molecule has 0 fully saturated rings. The van der Waals surface area contributed by atoms with Crippen LogP contribution in [0.15, 0.2) is 18.2 Å². The number of nitrogens with zero attached hydrogens (tertiary/aromatic N) is 2. The Morgan fingerprint density at radius 3 is 2.47 bits per heavy atom. The molecule has 0 radical (unpaired) electrons. The van der Waals surface area contributed by atoms with Gasteiger partial charge in [0, 0.05) is 0 Å². The van der Waals surface area contributed by atoms with Gasteiger partial charge in [0.05, 0.1) is 0 Å². The minimum Gasteiger partial charge on any atom is -0.480 e. The van der Waals surface area contributed by atoms with Crippen LogP contribution in [-0.4, -0.2) is 46.1 Å². The van der Waals surface area contributed by atoms with Crippen LogP contribution in [-0.2, 0) is 4.79 Å². The number of carboxylic acids is 1. The van der Waals surface area contributed by atoms with Gasteiger partial charge in [0.15, 0.2) is 0 Å². The number of hydrogen-bond donors (Lipinski definition) is 1. The van der Waals surface area contributed by atoms with Gasteiger partial charge in [0.1, 0.15) is 23.9 Å². The summed E-state index contributed by atoms with van der Waals surface area (Å²) in [6.07, 6.45) is -4.70. The van der Waals surface area contributed by atoms with Crippen molar-refractivity contribution in [1.29, 1.82) is 0 Å². The van der Waals surface area contributed by atoms with Crippen LogP contribution in [0.2, 0.25) is 5.15 Å². The molecule has 5 nitrogen and oxygen atoms in total. The molecule has 0 atom stereocenters. The Hall–Kier alpha value is -1.83. The maximum atomic E-state index is 12.3. The van der Waals surface area contributed by atoms with Crippen LogP contribution in [0.1, 0.15) is 10.5 Å². The Bertz CT molecular complexity index is 493. The number of amides is 1. The van der Waals surface area contributed by atoms with E-state index in [4.69, 9.17) is 16.7 Å². The van der Waals surface area contributed by atoms with Crippen molar-refractivity contribution in [2.45, 2.75) is 6.18 Å². The van der Waals surface area contributed by atoms with Crippen molar-refractivity contribution in [2.75, 3.05) is 13.1 Å². The van der Waals surface area contributed by atoms with Crippen LogP contribution >= 0.6 is 11.6 Å². The van der Waals surface area contributed by atoms with Crippen molar-refractivity contribution in [3.63, 3.8) is 0 Å². The number of rotatable bonds is 4. The first-order valence-corrected chi connectivity index (χ1v) is 5.27. The van der Waals surface area contributed by atoms with E-state index in [9.17, 15) is 22.8 Å². The molecule has 1 N–H and O–H groups in total. The van der Waals surface area contributed by atoms with Gasteiger partial charge in [-0.15, -0.1) is 0 Å². The number of aliphatic carboxylic acids is 1. The third-order valence-electron chi connectivity index (χ3n) is 1.92. The fourth-order valence-corrected chi connectivity index (χ4v) is 1.43. The zero-order valence-electron chi connectivity index (χ0n) is 9.32. The molecule has 9 heteroatoms. The minimum absolute atomic E-state index is 0.0758. The minimum atomic E-state index is -4.70. The van der Waals surface area contributed by atoms with Gasteiger partial charge < -0.3 is 10.0 Å². The molecule has 0 saturated heterocycles. The normalized spacial score (nSPS) is 11.2. The fourth-order valence-electron chi connectivity index (χ4n) is 1.27. The molecular formula is C10H8ClF3N2O3. The molecule has 0 aliphatic rings. The number of hydrogen-bond acceptors (Lipinski definition) is 3. The van der Waals surface area contributed by atoms with Gasteiger partial charge in [-0.2, -0.15) is 13.2 Å². The first kappa shape index (κ1) is 15.2. The lowest BCUT2D eigenvalue weighted by Gasteiger charge is -2.21. The van der Waals surface area contributed by atoms with Gasteiger partial charge in [0.2, 0.25) is 0 Å². The van der Waals surface area contributed by atoms with Gasteiger partial charge in [-0.25, -0.2) is 4.98 Å². The summed E-state index contributed by atoms with van der Waals surface area (Å²) in [5, 5.41) is 8.45. The third-order valence-corrected chi connectivity index (χ3v) is 2.13. The summed E-state index contributed by atoms with van der Waals surface area (Å²) in [5.74, 6) is -2.71. The molecule has 0 bridgehead atoms. The van der Waals surface area contributed by atoms with Gasteiger partial charge in [0.25, 0.3) is 5.91 Å². The SMILES string of the molecule is O=C(O)CN(CC(F)(F)F)C(=O)c1cccc(Cl)n1. The van der Waals surface area contributed by atoms with Crippen LogP contribution in [0.4, 0.5) is 13.2 Å². The molecule has 1 amide bonds. The predicted octanol–water partition coefficient (Wildman–Crippen LogP) is 1.82. The fraction of sp³-hybridized carbons (Fsp3) is 0.300. The second-order valence-corrected chi connectivity index (χ2v) is 3.90. The summed E-state index contributed by atoms with van der Waals surface area (Å²) in [6, 6.07) is 3.82. The maximum absolute atomic E-state index is 12.3. The van der Waals surface area contributed by atoms with E-state index in [1.165, 1.54) is 12.1 Å². The lowest BCUT2D eigenvalue weighted by Crippen LogP contribution is -2.42. The number of carbonyl (C=O) groups excluding carboxylic acids is 1. The molecule has 0 aromatic carbocycles. The van der Waals surface area contributed by atoms with E-state index < -0.39 is 31.1 Å². The van der Waals surface area contributed by atoms with Gasteiger partial charge in [-0.05, 0) is 12.1 Å². The molecule has 1 aromatic rings. The van der Waals surface area contributed by atoms with Gasteiger partial charge >= 0.3 is 12.1 Å². The third kappa shape index (κ3) is 5.12. The molecule has 0 aliphatic carbocycles. The highest BCUT2D eigenvalue weighted by molar-refractivity contribution is 6.29. The lowest BCUT2D eigenvalue weighted by molar-refractivity contribution is -0.149. The van der Waals surface area contributed by atoms with E-state index >= 15 is 0 Å². The number of aromatic nitrogens is 1. The topological polar surface area (TPSA) is 70.5 Å². The highest BCUT2D eigenvalue weighted by atomic mass is 35.5. The van der Waals surface area contributed by atoms with Crippen LogP contribution in [0.5, 0.6) is 0 Å². The second kappa shape index (κ2) is 5.87. The molecule has 19 heavy (non-hydrogen) atoms. The average Bonchev–Trinajstić information content (AvgIpc) is 2.24. The predicted molar refractivity (Wildman–Crippen MR) is 58.8 cm³/mol. The molecule has 1 heterocycles. The van der Waals surface area contributed by atoms with E-state index in [-0.39, 0.29) is 15.7 Å². The number of pyridine rings is 1. The summed E-state index contributed by atoms with van der Waals surface area (Å²) in [5.41, 5.74) is -0.349. The Morgan fingerprint density at radius 1 is 1.37 bits per heavy atom. The van der Waals surface area contributed by atoms with E-state index in [0.717, 1.165) is 6.07 Å². The van der Waals surface area contributed by atoms with Crippen molar-refractivity contribution in [3.05, 3.63) is 29.0 Å². The van der Waals surface area contributed by atoms with Gasteiger partial charge in [-0.1, -0.05) is 17.7 Å². The van der Waals surface area contributed by atoms with Crippen molar-refractivity contribution in [3.8, 4) is 0 Å². The monoisotopic (exact) mass is 296 g/mol. The largest absolute Gasteiger partial charge is 0.480 e. The van der Waals surface area contributed by atoms with Gasteiger partial charge in [-0.3, -0.25) is 9.59 Å². The molecule has 0 unspecified atom stereocenters. The number of carbonyl (C=O) groups is 2. The summed E-state index contributed by atoms with van der Waals surface area (Å²) < 4.78 is 36.8. The van der Waals surface area contributed by atoms with Crippen LogP contribution in [0.3, 0.4) is 0 Å².